The number of halogens is 2. The molecule has 0 unspecified atom stereocenters. The highest BCUT2D eigenvalue weighted by atomic mass is 35.5. The topological polar surface area (TPSA) is 0 Å². The molecule has 0 saturated heterocycles. The van der Waals surface area contributed by atoms with E-state index in [9.17, 15) is 4.39 Å². The quantitative estimate of drug-likeness (QED) is 0.631. The summed E-state index contributed by atoms with van der Waals surface area (Å²) >= 11 is 5.96. The van der Waals surface area contributed by atoms with Gasteiger partial charge in [-0.2, -0.15) is 0 Å². The molecular weight excluding hydrogens is 283 g/mol. The Bertz CT molecular complexity index is 597. The van der Waals surface area contributed by atoms with E-state index in [0.717, 1.165) is 34.6 Å². The maximum atomic E-state index is 15.0. The van der Waals surface area contributed by atoms with Gasteiger partial charge >= 0.3 is 0 Å². The molecule has 110 valence electrons. The van der Waals surface area contributed by atoms with E-state index >= 15 is 0 Å². The monoisotopic (exact) mass is 302 g/mol. The molecule has 1 fully saturated rings. The standard InChI is InChI=1S/C19H20ClF/c20-17-10-8-15(9-11-17)18-7-3-2-6-16(18)14-19(21)12-4-1-5-13-19/h2-3,6-11H,1,4-5,12-14H2. The minimum Gasteiger partial charge on any atom is -0.244 e. The van der Waals surface area contributed by atoms with Gasteiger partial charge in [-0.25, -0.2) is 4.39 Å². The Morgan fingerprint density at radius 1 is 0.905 bits per heavy atom. The summed E-state index contributed by atoms with van der Waals surface area (Å²) in [5, 5.41) is 0.727. The molecule has 1 aliphatic carbocycles. The zero-order valence-electron chi connectivity index (χ0n) is 12.1. The Kier molecular flexibility index (Phi) is 4.30. The Hall–Kier alpha value is -1.34. The van der Waals surface area contributed by atoms with Crippen molar-refractivity contribution in [2.24, 2.45) is 0 Å². The average molecular weight is 303 g/mol. The summed E-state index contributed by atoms with van der Waals surface area (Å²) < 4.78 is 15.0. The summed E-state index contributed by atoms with van der Waals surface area (Å²) in [5.74, 6) is 0. The molecule has 2 aromatic carbocycles. The first-order chi connectivity index (χ1) is 10.2. The van der Waals surface area contributed by atoms with Crippen molar-refractivity contribution in [2.75, 3.05) is 0 Å². The highest BCUT2D eigenvalue weighted by molar-refractivity contribution is 6.30. The average Bonchev–Trinajstić information content (AvgIpc) is 2.49. The number of hydrogen-bond donors (Lipinski definition) is 0. The van der Waals surface area contributed by atoms with Crippen LogP contribution in [0.4, 0.5) is 4.39 Å². The minimum absolute atomic E-state index is 0.520. The van der Waals surface area contributed by atoms with Crippen molar-refractivity contribution >= 4 is 11.6 Å². The fourth-order valence-electron chi connectivity index (χ4n) is 3.29. The van der Waals surface area contributed by atoms with Crippen molar-refractivity contribution in [1.29, 1.82) is 0 Å². The van der Waals surface area contributed by atoms with Crippen LogP contribution in [0.15, 0.2) is 48.5 Å². The second-order valence-corrected chi connectivity index (χ2v) is 6.49. The van der Waals surface area contributed by atoms with Gasteiger partial charge in [0.15, 0.2) is 0 Å². The number of benzene rings is 2. The van der Waals surface area contributed by atoms with E-state index in [1.54, 1.807) is 0 Å². The van der Waals surface area contributed by atoms with Crippen molar-refractivity contribution in [1.82, 2.24) is 0 Å². The van der Waals surface area contributed by atoms with E-state index in [1.807, 2.05) is 36.4 Å². The second kappa shape index (κ2) is 6.19. The molecule has 0 N–H and O–H groups in total. The molecule has 2 heteroatoms. The smallest absolute Gasteiger partial charge is 0.115 e. The molecule has 0 bridgehead atoms. The lowest BCUT2D eigenvalue weighted by atomic mass is 9.80. The van der Waals surface area contributed by atoms with E-state index in [1.165, 1.54) is 6.42 Å². The van der Waals surface area contributed by atoms with Crippen molar-refractivity contribution in [3.05, 3.63) is 59.1 Å². The molecule has 0 nitrogen and oxygen atoms in total. The van der Waals surface area contributed by atoms with Crippen LogP contribution in [0, 0.1) is 0 Å². The Morgan fingerprint density at radius 3 is 2.29 bits per heavy atom. The number of rotatable bonds is 3. The third-order valence-corrected chi connectivity index (χ3v) is 4.68. The largest absolute Gasteiger partial charge is 0.244 e. The fraction of sp³-hybridized carbons (Fsp3) is 0.368. The predicted molar refractivity (Wildman–Crippen MR) is 87.5 cm³/mol. The molecule has 2 aromatic rings. The molecule has 0 aromatic heterocycles. The zero-order chi connectivity index (χ0) is 14.7. The van der Waals surface area contributed by atoms with Crippen molar-refractivity contribution < 1.29 is 4.39 Å². The van der Waals surface area contributed by atoms with Gasteiger partial charge in [-0.15, -0.1) is 0 Å². The van der Waals surface area contributed by atoms with Gasteiger partial charge in [-0.05, 0) is 41.7 Å². The molecule has 0 heterocycles. The fourth-order valence-corrected chi connectivity index (χ4v) is 3.42. The van der Waals surface area contributed by atoms with Gasteiger partial charge in [-0.3, -0.25) is 0 Å². The third kappa shape index (κ3) is 3.47. The van der Waals surface area contributed by atoms with Gasteiger partial charge in [-0.1, -0.05) is 67.3 Å². The van der Waals surface area contributed by atoms with Crippen LogP contribution in [0.25, 0.3) is 11.1 Å². The first-order valence-electron chi connectivity index (χ1n) is 7.69. The summed E-state index contributed by atoms with van der Waals surface area (Å²) in [5.41, 5.74) is 2.30. The van der Waals surface area contributed by atoms with Crippen LogP contribution in [-0.2, 0) is 6.42 Å². The van der Waals surface area contributed by atoms with Crippen LogP contribution in [0.5, 0.6) is 0 Å². The van der Waals surface area contributed by atoms with Crippen LogP contribution in [0.2, 0.25) is 5.02 Å². The second-order valence-electron chi connectivity index (χ2n) is 6.05. The van der Waals surface area contributed by atoms with E-state index < -0.39 is 5.67 Å². The first-order valence-corrected chi connectivity index (χ1v) is 8.07. The highest BCUT2D eigenvalue weighted by Crippen LogP contribution is 2.37. The molecule has 0 amide bonds. The molecule has 21 heavy (non-hydrogen) atoms. The van der Waals surface area contributed by atoms with Gasteiger partial charge in [0.2, 0.25) is 0 Å². The van der Waals surface area contributed by atoms with Gasteiger partial charge in [0, 0.05) is 11.4 Å². The first kappa shape index (κ1) is 14.6. The highest BCUT2D eigenvalue weighted by Gasteiger charge is 2.32. The van der Waals surface area contributed by atoms with E-state index in [2.05, 4.69) is 12.1 Å². The van der Waals surface area contributed by atoms with E-state index in [4.69, 9.17) is 11.6 Å². The predicted octanol–water partition coefficient (Wildman–Crippen LogP) is 6.22. The van der Waals surface area contributed by atoms with Crippen LogP contribution >= 0.6 is 11.6 Å². The van der Waals surface area contributed by atoms with Crippen LogP contribution in [-0.4, -0.2) is 5.67 Å². The summed E-state index contributed by atoms with van der Waals surface area (Å²) in [6, 6.07) is 15.9. The lowest BCUT2D eigenvalue weighted by molar-refractivity contribution is 0.107. The molecule has 0 aliphatic heterocycles. The summed E-state index contributed by atoms with van der Waals surface area (Å²) in [7, 11) is 0. The molecule has 1 saturated carbocycles. The maximum Gasteiger partial charge on any atom is 0.115 e. The molecular formula is C19H20ClF. The lowest BCUT2D eigenvalue weighted by Crippen LogP contribution is -2.29. The zero-order valence-corrected chi connectivity index (χ0v) is 12.9. The Morgan fingerprint density at radius 2 is 1.57 bits per heavy atom. The summed E-state index contributed by atoms with van der Waals surface area (Å²) in [6.45, 7) is 0. The van der Waals surface area contributed by atoms with Gasteiger partial charge in [0.25, 0.3) is 0 Å². The molecule has 0 atom stereocenters. The van der Waals surface area contributed by atoms with Crippen LogP contribution in [0.3, 0.4) is 0 Å². The minimum atomic E-state index is -1.03. The molecule has 0 radical (unpaired) electrons. The van der Waals surface area contributed by atoms with Crippen molar-refractivity contribution in [2.45, 2.75) is 44.2 Å². The molecule has 1 aliphatic rings. The molecule has 0 spiro atoms. The van der Waals surface area contributed by atoms with E-state index in [-0.39, 0.29) is 0 Å². The maximum absolute atomic E-state index is 15.0. The summed E-state index contributed by atoms with van der Waals surface area (Å²) in [4.78, 5) is 0. The SMILES string of the molecule is FC1(Cc2ccccc2-c2ccc(Cl)cc2)CCCCC1. The third-order valence-electron chi connectivity index (χ3n) is 4.43. The Labute approximate surface area is 131 Å². The Balaban J connectivity index is 1.90. The van der Waals surface area contributed by atoms with Crippen LogP contribution in [0.1, 0.15) is 37.7 Å². The van der Waals surface area contributed by atoms with Crippen molar-refractivity contribution in [3.63, 3.8) is 0 Å². The summed E-state index contributed by atoms with van der Waals surface area (Å²) in [6.07, 6.45) is 5.11. The van der Waals surface area contributed by atoms with Gasteiger partial charge < -0.3 is 0 Å². The number of hydrogen-bond acceptors (Lipinski definition) is 0. The molecule has 3 rings (SSSR count). The number of alkyl halides is 1. The van der Waals surface area contributed by atoms with Gasteiger partial charge in [0.05, 0.1) is 0 Å². The lowest BCUT2D eigenvalue weighted by Gasteiger charge is -2.30. The normalized spacial score (nSPS) is 17.6. The van der Waals surface area contributed by atoms with Crippen molar-refractivity contribution in [3.8, 4) is 11.1 Å². The van der Waals surface area contributed by atoms with Gasteiger partial charge in [0.1, 0.15) is 5.67 Å². The van der Waals surface area contributed by atoms with E-state index in [0.29, 0.717) is 19.3 Å². The van der Waals surface area contributed by atoms with Crippen LogP contribution < -0.4 is 0 Å².